The summed E-state index contributed by atoms with van der Waals surface area (Å²) in [5.41, 5.74) is 1.14. The van der Waals surface area contributed by atoms with E-state index in [9.17, 15) is 0 Å². The van der Waals surface area contributed by atoms with Crippen molar-refractivity contribution in [3.63, 3.8) is 0 Å². The van der Waals surface area contributed by atoms with Crippen molar-refractivity contribution >= 4 is 22.9 Å². The fraction of sp³-hybridized carbons (Fsp3) is 0.412. The standard InChI is InChI=1S/C17H22ClNOS/c1-12(2)9-19-10-14-5-6-15(21-14)11-20-17-7-4-13(3)8-16(17)18/h4-8,12,19H,9-11H2,1-3H3. The molecule has 0 aliphatic carbocycles. The first-order chi connectivity index (χ1) is 10.0. The first kappa shape index (κ1) is 16.3. The van der Waals surface area contributed by atoms with Crippen LogP contribution in [0.1, 0.15) is 29.2 Å². The Morgan fingerprint density at radius 1 is 1.19 bits per heavy atom. The molecule has 2 aromatic rings. The molecule has 114 valence electrons. The van der Waals surface area contributed by atoms with Gasteiger partial charge in [0.1, 0.15) is 12.4 Å². The Labute approximate surface area is 136 Å². The van der Waals surface area contributed by atoms with Gasteiger partial charge in [0, 0.05) is 16.3 Å². The van der Waals surface area contributed by atoms with Crippen LogP contribution in [0.3, 0.4) is 0 Å². The third kappa shape index (κ3) is 5.34. The molecule has 1 N–H and O–H groups in total. The van der Waals surface area contributed by atoms with Gasteiger partial charge in [0.15, 0.2) is 0 Å². The molecular weight excluding hydrogens is 302 g/mol. The normalized spacial score (nSPS) is 11.1. The lowest BCUT2D eigenvalue weighted by Crippen LogP contribution is -2.18. The molecule has 0 radical (unpaired) electrons. The lowest BCUT2D eigenvalue weighted by molar-refractivity contribution is 0.310. The quantitative estimate of drug-likeness (QED) is 0.771. The number of halogens is 1. The molecule has 2 rings (SSSR count). The number of ether oxygens (including phenoxy) is 1. The zero-order chi connectivity index (χ0) is 15.2. The summed E-state index contributed by atoms with van der Waals surface area (Å²) in [6.45, 7) is 8.98. The molecular formula is C17H22ClNOS. The lowest BCUT2D eigenvalue weighted by atomic mass is 10.2. The molecule has 1 aromatic heterocycles. The predicted octanol–water partition coefficient (Wildman–Crippen LogP) is 5.03. The highest BCUT2D eigenvalue weighted by atomic mass is 35.5. The molecule has 1 aromatic carbocycles. The number of aryl methyl sites for hydroxylation is 1. The van der Waals surface area contributed by atoms with Gasteiger partial charge in [-0.25, -0.2) is 0 Å². The van der Waals surface area contributed by atoms with Crippen LogP contribution in [0, 0.1) is 12.8 Å². The first-order valence-corrected chi connectivity index (χ1v) is 8.41. The summed E-state index contributed by atoms with van der Waals surface area (Å²) in [5, 5.41) is 4.12. The third-order valence-corrected chi connectivity index (χ3v) is 4.38. The van der Waals surface area contributed by atoms with Crippen molar-refractivity contribution in [1.29, 1.82) is 0 Å². The second-order valence-corrected chi connectivity index (χ2v) is 7.28. The highest BCUT2D eigenvalue weighted by molar-refractivity contribution is 7.11. The van der Waals surface area contributed by atoms with Crippen molar-refractivity contribution < 1.29 is 4.74 Å². The average molecular weight is 324 g/mol. The number of benzene rings is 1. The first-order valence-electron chi connectivity index (χ1n) is 7.22. The van der Waals surface area contributed by atoms with E-state index in [1.165, 1.54) is 9.75 Å². The van der Waals surface area contributed by atoms with Gasteiger partial charge in [-0.1, -0.05) is 31.5 Å². The van der Waals surface area contributed by atoms with Crippen molar-refractivity contribution in [3.05, 3.63) is 50.7 Å². The molecule has 0 aliphatic heterocycles. The minimum Gasteiger partial charge on any atom is -0.487 e. The number of thiophene rings is 1. The smallest absolute Gasteiger partial charge is 0.138 e. The Morgan fingerprint density at radius 3 is 2.67 bits per heavy atom. The predicted molar refractivity (Wildman–Crippen MR) is 91.4 cm³/mol. The third-order valence-electron chi connectivity index (χ3n) is 3.03. The van der Waals surface area contributed by atoms with Gasteiger partial charge in [-0.05, 0) is 49.2 Å². The van der Waals surface area contributed by atoms with E-state index in [1.807, 2.05) is 25.1 Å². The second kappa shape index (κ2) is 7.83. The zero-order valence-corrected chi connectivity index (χ0v) is 14.4. The molecule has 0 unspecified atom stereocenters. The fourth-order valence-corrected chi connectivity index (χ4v) is 3.14. The van der Waals surface area contributed by atoms with Crippen LogP contribution in [0.2, 0.25) is 5.02 Å². The van der Waals surface area contributed by atoms with Gasteiger partial charge in [0.2, 0.25) is 0 Å². The Kier molecular flexibility index (Phi) is 6.09. The number of nitrogens with one attached hydrogen (secondary N) is 1. The molecule has 0 atom stereocenters. The molecule has 0 spiro atoms. The lowest BCUT2D eigenvalue weighted by Gasteiger charge is -2.07. The van der Waals surface area contributed by atoms with E-state index >= 15 is 0 Å². The van der Waals surface area contributed by atoms with Gasteiger partial charge in [-0.2, -0.15) is 0 Å². The van der Waals surface area contributed by atoms with Crippen molar-refractivity contribution in [3.8, 4) is 5.75 Å². The largest absolute Gasteiger partial charge is 0.487 e. The Bertz CT molecular complexity index is 580. The number of rotatable bonds is 7. The van der Waals surface area contributed by atoms with Crippen LogP contribution in [0.25, 0.3) is 0 Å². The Morgan fingerprint density at radius 2 is 1.95 bits per heavy atom. The average Bonchev–Trinajstić information content (AvgIpc) is 2.85. The van der Waals surface area contributed by atoms with Crippen LogP contribution in [0.4, 0.5) is 0 Å². The molecule has 1 heterocycles. The van der Waals surface area contributed by atoms with Gasteiger partial charge in [0.25, 0.3) is 0 Å². The number of hydrogen-bond donors (Lipinski definition) is 1. The summed E-state index contributed by atoms with van der Waals surface area (Å²) in [7, 11) is 0. The monoisotopic (exact) mass is 323 g/mol. The molecule has 21 heavy (non-hydrogen) atoms. The van der Waals surface area contributed by atoms with Crippen LogP contribution in [-0.4, -0.2) is 6.54 Å². The summed E-state index contributed by atoms with van der Waals surface area (Å²) < 4.78 is 5.79. The summed E-state index contributed by atoms with van der Waals surface area (Å²) in [4.78, 5) is 2.55. The van der Waals surface area contributed by atoms with Gasteiger partial charge in [-0.3, -0.25) is 0 Å². The van der Waals surface area contributed by atoms with E-state index in [0.29, 0.717) is 17.5 Å². The minimum atomic E-state index is 0.567. The van der Waals surface area contributed by atoms with Crippen LogP contribution in [0.5, 0.6) is 5.75 Å². The Balaban J connectivity index is 1.85. The summed E-state index contributed by atoms with van der Waals surface area (Å²) in [5.74, 6) is 1.42. The van der Waals surface area contributed by atoms with Crippen molar-refractivity contribution in [2.24, 2.45) is 5.92 Å². The summed E-state index contributed by atoms with van der Waals surface area (Å²) in [6.07, 6.45) is 0. The van der Waals surface area contributed by atoms with Crippen LogP contribution in [-0.2, 0) is 13.2 Å². The Hall–Kier alpha value is -1.03. The van der Waals surface area contributed by atoms with Crippen molar-refractivity contribution in [2.45, 2.75) is 33.9 Å². The SMILES string of the molecule is Cc1ccc(OCc2ccc(CNCC(C)C)s2)c(Cl)c1. The second-order valence-electron chi connectivity index (χ2n) is 5.62. The molecule has 0 bridgehead atoms. The van der Waals surface area contributed by atoms with Crippen LogP contribution < -0.4 is 10.1 Å². The maximum absolute atomic E-state index is 6.17. The van der Waals surface area contributed by atoms with Crippen LogP contribution in [0.15, 0.2) is 30.3 Å². The van der Waals surface area contributed by atoms with E-state index in [4.69, 9.17) is 16.3 Å². The molecule has 0 saturated heterocycles. The highest BCUT2D eigenvalue weighted by Crippen LogP contribution is 2.27. The molecule has 2 nitrogen and oxygen atoms in total. The van der Waals surface area contributed by atoms with E-state index in [0.717, 1.165) is 24.4 Å². The van der Waals surface area contributed by atoms with Gasteiger partial charge >= 0.3 is 0 Å². The minimum absolute atomic E-state index is 0.567. The summed E-state index contributed by atoms with van der Waals surface area (Å²) in [6, 6.07) is 10.1. The fourth-order valence-electron chi connectivity index (χ4n) is 1.95. The van der Waals surface area contributed by atoms with Crippen molar-refractivity contribution in [1.82, 2.24) is 5.32 Å². The summed E-state index contributed by atoms with van der Waals surface area (Å²) >= 11 is 7.95. The van der Waals surface area contributed by atoms with E-state index in [-0.39, 0.29) is 0 Å². The molecule has 0 aliphatic rings. The molecule has 0 fully saturated rings. The van der Waals surface area contributed by atoms with Gasteiger partial charge in [-0.15, -0.1) is 11.3 Å². The molecule has 4 heteroatoms. The van der Waals surface area contributed by atoms with Crippen molar-refractivity contribution in [2.75, 3.05) is 6.54 Å². The van der Waals surface area contributed by atoms with Crippen LogP contribution >= 0.6 is 22.9 Å². The topological polar surface area (TPSA) is 21.3 Å². The zero-order valence-electron chi connectivity index (χ0n) is 12.8. The van der Waals surface area contributed by atoms with Gasteiger partial charge < -0.3 is 10.1 Å². The number of hydrogen-bond acceptors (Lipinski definition) is 3. The van der Waals surface area contributed by atoms with E-state index < -0.39 is 0 Å². The molecule has 0 saturated carbocycles. The van der Waals surface area contributed by atoms with E-state index in [1.54, 1.807) is 11.3 Å². The highest BCUT2D eigenvalue weighted by Gasteiger charge is 2.05. The van der Waals surface area contributed by atoms with E-state index in [2.05, 4.69) is 31.3 Å². The maximum Gasteiger partial charge on any atom is 0.138 e. The molecule has 0 amide bonds. The van der Waals surface area contributed by atoms with Gasteiger partial charge in [0.05, 0.1) is 5.02 Å². The maximum atomic E-state index is 6.17.